The van der Waals surface area contributed by atoms with Crippen LogP contribution in [0, 0.1) is 0 Å². The molecule has 2 aromatic rings. The topological polar surface area (TPSA) is 35.6 Å². The molecule has 1 amide bonds. The first-order chi connectivity index (χ1) is 12.8. The minimum absolute atomic E-state index is 0.0635. The zero-order valence-electron chi connectivity index (χ0n) is 15.2. The van der Waals surface area contributed by atoms with Crippen molar-refractivity contribution in [1.82, 2.24) is 15.1 Å². The summed E-state index contributed by atoms with van der Waals surface area (Å²) >= 11 is 0. The molecule has 2 aromatic carbocycles. The van der Waals surface area contributed by atoms with Crippen LogP contribution in [-0.2, 0) is 13.1 Å². The van der Waals surface area contributed by atoms with Crippen molar-refractivity contribution in [3.05, 3.63) is 71.3 Å². The van der Waals surface area contributed by atoms with Gasteiger partial charge in [0.25, 0.3) is 5.91 Å². The van der Waals surface area contributed by atoms with Crippen molar-refractivity contribution in [2.24, 2.45) is 0 Å². The molecule has 0 radical (unpaired) electrons. The van der Waals surface area contributed by atoms with Crippen LogP contribution in [-0.4, -0.2) is 47.9 Å². The number of benzene rings is 2. The van der Waals surface area contributed by atoms with E-state index >= 15 is 0 Å². The average Bonchev–Trinajstić information content (AvgIpc) is 3.49. The molecule has 136 valence electrons. The van der Waals surface area contributed by atoms with Gasteiger partial charge in [0.15, 0.2) is 0 Å². The lowest BCUT2D eigenvalue weighted by molar-refractivity contribution is 0.0951. The number of amides is 1. The SMILES string of the molecule is O=C(NC1CC1)c1ccc(CN2CCN(Cc3ccccc3)CC2)cc1. The van der Waals surface area contributed by atoms with Crippen molar-refractivity contribution < 1.29 is 4.79 Å². The second-order valence-corrected chi connectivity index (χ2v) is 7.48. The van der Waals surface area contributed by atoms with Gasteiger partial charge in [0.05, 0.1) is 0 Å². The number of carbonyl (C=O) groups is 1. The fourth-order valence-corrected chi connectivity index (χ4v) is 3.46. The van der Waals surface area contributed by atoms with E-state index in [1.54, 1.807) is 0 Å². The highest BCUT2D eigenvalue weighted by atomic mass is 16.1. The van der Waals surface area contributed by atoms with Gasteiger partial charge in [-0.25, -0.2) is 0 Å². The van der Waals surface area contributed by atoms with E-state index < -0.39 is 0 Å². The molecule has 26 heavy (non-hydrogen) atoms. The minimum Gasteiger partial charge on any atom is -0.349 e. The summed E-state index contributed by atoms with van der Waals surface area (Å²) in [6.07, 6.45) is 2.25. The highest BCUT2D eigenvalue weighted by Gasteiger charge is 2.23. The summed E-state index contributed by atoms with van der Waals surface area (Å²) in [5.41, 5.74) is 3.44. The van der Waals surface area contributed by atoms with E-state index in [1.807, 2.05) is 12.1 Å². The first kappa shape index (κ1) is 17.3. The smallest absolute Gasteiger partial charge is 0.251 e. The lowest BCUT2D eigenvalue weighted by atomic mass is 10.1. The van der Waals surface area contributed by atoms with E-state index in [4.69, 9.17) is 0 Å². The molecular weight excluding hydrogens is 322 g/mol. The molecule has 1 saturated carbocycles. The van der Waals surface area contributed by atoms with Crippen molar-refractivity contribution in [2.45, 2.75) is 32.0 Å². The van der Waals surface area contributed by atoms with Gasteiger partial charge in [-0.15, -0.1) is 0 Å². The van der Waals surface area contributed by atoms with Gasteiger partial charge in [0.1, 0.15) is 0 Å². The number of nitrogens with zero attached hydrogens (tertiary/aromatic N) is 2. The zero-order chi connectivity index (χ0) is 17.8. The highest BCUT2D eigenvalue weighted by molar-refractivity contribution is 5.94. The third-order valence-electron chi connectivity index (χ3n) is 5.25. The second-order valence-electron chi connectivity index (χ2n) is 7.48. The summed E-state index contributed by atoms with van der Waals surface area (Å²) in [5.74, 6) is 0.0635. The largest absolute Gasteiger partial charge is 0.349 e. The Labute approximate surface area is 155 Å². The maximum Gasteiger partial charge on any atom is 0.251 e. The predicted octanol–water partition coefficient (Wildman–Crippen LogP) is 2.90. The maximum atomic E-state index is 12.1. The molecule has 1 aliphatic carbocycles. The first-order valence-electron chi connectivity index (χ1n) is 9.65. The number of nitrogens with one attached hydrogen (secondary N) is 1. The molecular formula is C22H27N3O. The Morgan fingerprint density at radius 3 is 1.88 bits per heavy atom. The molecule has 4 heteroatoms. The summed E-state index contributed by atoms with van der Waals surface area (Å²) in [7, 11) is 0. The molecule has 1 heterocycles. The fraction of sp³-hybridized carbons (Fsp3) is 0.409. The molecule has 0 atom stereocenters. The van der Waals surface area contributed by atoms with Crippen LogP contribution in [0.3, 0.4) is 0 Å². The third kappa shape index (κ3) is 4.71. The Hall–Kier alpha value is -2.17. The molecule has 1 saturated heterocycles. The number of piperazine rings is 1. The van der Waals surface area contributed by atoms with Crippen molar-refractivity contribution in [3.8, 4) is 0 Å². The van der Waals surface area contributed by atoms with Crippen LogP contribution in [0.25, 0.3) is 0 Å². The summed E-state index contributed by atoms with van der Waals surface area (Å²) in [6, 6.07) is 19.2. The predicted molar refractivity (Wildman–Crippen MR) is 104 cm³/mol. The van der Waals surface area contributed by atoms with Crippen molar-refractivity contribution in [1.29, 1.82) is 0 Å². The number of hydrogen-bond acceptors (Lipinski definition) is 3. The van der Waals surface area contributed by atoms with E-state index in [1.165, 1.54) is 11.1 Å². The van der Waals surface area contributed by atoms with Gasteiger partial charge < -0.3 is 5.32 Å². The highest BCUT2D eigenvalue weighted by Crippen LogP contribution is 2.19. The van der Waals surface area contributed by atoms with Crippen molar-refractivity contribution in [3.63, 3.8) is 0 Å². The quantitative estimate of drug-likeness (QED) is 0.871. The van der Waals surface area contributed by atoms with Crippen LogP contribution in [0.4, 0.5) is 0 Å². The van der Waals surface area contributed by atoms with Crippen LogP contribution in [0.2, 0.25) is 0 Å². The maximum absolute atomic E-state index is 12.1. The molecule has 4 rings (SSSR count). The normalized spacial score (nSPS) is 18.6. The van der Waals surface area contributed by atoms with Crippen LogP contribution in [0.15, 0.2) is 54.6 Å². The second kappa shape index (κ2) is 8.02. The van der Waals surface area contributed by atoms with E-state index in [9.17, 15) is 4.79 Å². The van der Waals surface area contributed by atoms with Crippen molar-refractivity contribution >= 4 is 5.91 Å². The Kier molecular flexibility index (Phi) is 5.32. The van der Waals surface area contributed by atoms with Crippen LogP contribution in [0.1, 0.15) is 34.3 Å². The monoisotopic (exact) mass is 349 g/mol. The van der Waals surface area contributed by atoms with E-state index in [2.05, 4.69) is 57.6 Å². The van der Waals surface area contributed by atoms with E-state index in [0.717, 1.165) is 57.7 Å². The molecule has 4 nitrogen and oxygen atoms in total. The van der Waals surface area contributed by atoms with Crippen molar-refractivity contribution in [2.75, 3.05) is 26.2 Å². The summed E-state index contributed by atoms with van der Waals surface area (Å²) < 4.78 is 0. The Bertz CT molecular complexity index is 717. The van der Waals surface area contributed by atoms with Gasteiger partial charge in [-0.1, -0.05) is 42.5 Å². The summed E-state index contributed by atoms with van der Waals surface area (Å²) in [6.45, 7) is 6.41. The molecule has 2 aliphatic rings. The molecule has 2 fully saturated rings. The van der Waals surface area contributed by atoms with E-state index in [0.29, 0.717) is 6.04 Å². The number of hydrogen-bond donors (Lipinski definition) is 1. The van der Waals surface area contributed by atoms with Gasteiger partial charge in [-0.2, -0.15) is 0 Å². The average molecular weight is 349 g/mol. The minimum atomic E-state index is 0.0635. The molecule has 0 aromatic heterocycles. The number of carbonyl (C=O) groups excluding carboxylic acids is 1. The van der Waals surface area contributed by atoms with Gasteiger partial charge >= 0.3 is 0 Å². The molecule has 0 bridgehead atoms. The molecule has 1 aliphatic heterocycles. The van der Waals surface area contributed by atoms with Gasteiger partial charge in [0, 0.05) is 50.9 Å². The fourth-order valence-electron chi connectivity index (χ4n) is 3.46. The standard InChI is InChI=1S/C22H27N3O/c26-22(23-21-10-11-21)20-8-6-19(7-9-20)17-25-14-12-24(13-15-25)16-18-4-2-1-3-5-18/h1-9,21H,10-17H2,(H,23,26). The van der Waals surface area contributed by atoms with Crippen LogP contribution < -0.4 is 5.32 Å². The van der Waals surface area contributed by atoms with Crippen LogP contribution in [0.5, 0.6) is 0 Å². The molecule has 1 N–H and O–H groups in total. The Morgan fingerprint density at radius 1 is 0.808 bits per heavy atom. The van der Waals surface area contributed by atoms with Gasteiger partial charge in [-0.05, 0) is 36.1 Å². The van der Waals surface area contributed by atoms with Gasteiger partial charge in [0.2, 0.25) is 0 Å². The Morgan fingerprint density at radius 2 is 1.35 bits per heavy atom. The molecule has 0 unspecified atom stereocenters. The summed E-state index contributed by atoms with van der Waals surface area (Å²) in [5, 5.41) is 3.04. The lowest BCUT2D eigenvalue weighted by Gasteiger charge is -2.34. The Balaban J connectivity index is 1.24. The zero-order valence-corrected chi connectivity index (χ0v) is 15.2. The van der Waals surface area contributed by atoms with E-state index in [-0.39, 0.29) is 5.91 Å². The number of rotatable bonds is 6. The molecule has 0 spiro atoms. The lowest BCUT2D eigenvalue weighted by Crippen LogP contribution is -2.45. The third-order valence-corrected chi connectivity index (χ3v) is 5.25. The van der Waals surface area contributed by atoms with Crippen LogP contribution >= 0.6 is 0 Å². The van der Waals surface area contributed by atoms with Gasteiger partial charge in [-0.3, -0.25) is 14.6 Å². The summed E-state index contributed by atoms with van der Waals surface area (Å²) in [4.78, 5) is 17.1. The first-order valence-corrected chi connectivity index (χ1v) is 9.65.